The van der Waals surface area contributed by atoms with Crippen molar-refractivity contribution in [2.24, 2.45) is 5.14 Å². The molecule has 1 atom stereocenters. The van der Waals surface area contributed by atoms with Crippen molar-refractivity contribution in [3.63, 3.8) is 0 Å². The highest BCUT2D eigenvalue weighted by Gasteiger charge is 2.14. The quantitative estimate of drug-likeness (QED) is 0.778. The summed E-state index contributed by atoms with van der Waals surface area (Å²) in [6, 6.07) is 14.4. The van der Waals surface area contributed by atoms with Crippen LogP contribution in [0.25, 0.3) is 0 Å². The van der Waals surface area contributed by atoms with E-state index in [1.807, 2.05) is 14.0 Å². The van der Waals surface area contributed by atoms with Gasteiger partial charge in [0.15, 0.2) is 0 Å². The molecule has 26 heavy (non-hydrogen) atoms. The van der Waals surface area contributed by atoms with E-state index in [1.165, 1.54) is 23.3 Å². The third-order valence-electron chi connectivity index (χ3n) is 4.36. The first-order chi connectivity index (χ1) is 12.2. The van der Waals surface area contributed by atoms with Gasteiger partial charge in [-0.3, -0.25) is 9.69 Å². The van der Waals surface area contributed by atoms with E-state index >= 15 is 0 Å². The number of nitrogens with two attached hydrogens (primary N) is 1. The van der Waals surface area contributed by atoms with Gasteiger partial charge in [0.05, 0.1) is 4.90 Å². The van der Waals surface area contributed by atoms with Crippen LogP contribution < -0.4 is 10.5 Å². The van der Waals surface area contributed by atoms with Crippen LogP contribution >= 0.6 is 0 Å². The second-order valence-corrected chi connectivity index (χ2v) is 8.00. The van der Waals surface area contributed by atoms with Gasteiger partial charge in [0, 0.05) is 24.7 Å². The third kappa shape index (κ3) is 5.66. The number of carbonyl (C=O) groups excluding carboxylic acids is 1. The predicted octanol–water partition coefficient (Wildman–Crippen LogP) is 2.66. The molecule has 0 aliphatic heterocycles. The highest BCUT2D eigenvalue weighted by Crippen LogP contribution is 2.19. The molecule has 0 spiro atoms. The summed E-state index contributed by atoms with van der Waals surface area (Å²) in [6.45, 7) is 4.72. The van der Waals surface area contributed by atoms with Crippen molar-refractivity contribution < 1.29 is 13.2 Å². The standard InChI is InChI=1S/C19H25N3O3S/c1-14-7-9-16(10-8-14)15(2)22(3)12-11-19(23)21-17-5-4-6-18(13-17)26(20,24)25/h4-10,13,15H,11-12H2,1-3H3,(H,21,23)(H2,20,24,25). The van der Waals surface area contributed by atoms with Crippen LogP contribution in [0.4, 0.5) is 5.69 Å². The molecule has 0 aromatic heterocycles. The molecule has 6 nitrogen and oxygen atoms in total. The van der Waals surface area contributed by atoms with E-state index in [-0.39, 0.29) is 16.8 Å². The average Bonchev–Trinajstić information content (AvgIpc) is 2.59. The molecule has 0 saturated carbocycles. The molecule has 0 saturated heterocycles. The number of hydrogen-bond acceptors (Lipinski definition) is 4. The van der Waals surface area contributed by atoms with Gasteiger partial charge in [-0.1, -0.05) is 35.9 Å². The van der Waals surface area contributed by atoms with E-state index in [1.54, 1.807) is 12.1 Å². The average molecular weight is 375 g/mol. The number of rotatable bonds is 7. The fourth-order valence-electron chi connectivity index (χ4n) is 2.55. The topological polar surface area (TPSA) is 92.5 Å². The molecular formula is C19H25N3O3S. The highest BCUT2D eigenvalue weighted by atomic mass is 32.2. The zero-order valence-corrected chi connectivity index (χ0v) is 16.1. The zero-order valence-electron chi connectivity index (χ0n) is 15.3. The van der Waals surface area contributed by atoms with Gasteiger partial charge in [-0.15, -0.1) is 0 Å². The lowest BCUT2D eigenvalue weighted by atomic mass is 10.1. The van der Waals surface area contributed by atoms with E-state index in [9.17, 15) is 13.2 Å². The molecule has 1 unspecified atom stereocenters. The zero-order chi connectivity index (χ0) is 19.3. The molecular weight excluding hydrogens is 350 g/mol. The fourth-order valence-corrected chi connectivity index (χ4v) is 3.10. The van der Waals surface area contributed by atoms with E-state index in [0.717, 1.165) is 0 Å². The smallest absolute Gasteiger partial charge is 0.238 e. The van der Waals surface area contributed by atoms with Crippen LogP contribution in [0.5, 0.6) is 0 Å². The van der Waals surface area contributed by atoms with E-state index in [0.29, 0.717) is 18.7 Å². The Morgan fingerprint density at radius 2 is 1.85 bits per heavy atom. The summed E-state index contributed by atoms with van der Waals surface area (Å²) in [6.07, 6.45) is 0.298. The van der Waals surface area contributed by atoms with Crippen LogP contribution in [0.1, 0.15) is 30.5 Å². The first-order valence-electron chi connectivity index (χ1n) is 8.36. The molecule has 1 amide bonds. The summed E-state index contributed by atoms with van der Waals surface area (Å²) in [5.41, 5.74) is 2.82. The van der Waals surface area contributed by atoms with E-state index < -0.39 is 10.0 Å². The highest BCUT2D eigenvalue weighted by molar-refractivity contribution is 7.89. The van der Waals surface area contributed by atoms with Gasteiger partial charge < -0.3 is 5.32 Å². The molecule has 7 heteroatoms. The van der Waals surface area contributed by atoms with Crippen molar-refractivity contribution in [2.75, 3.05) is 18.9 Å². The number of nitrogens with one attached hydrogen (secondary N) is 1. The van der Waals surface area contributed by atoms with Crippen LogP contribution in [0, 0.1) is 6.92 Å². The number of primary sulfonamides is 1. The van der Waals surface area contributed by atoms with Crippen molar-refractivity contribution in [3.05, 3.63) is 59.7 Å². The van der Waals surface area contributed by atoms with Crippen LogP contribution in [-0.2, 0) is 14.8 Å². The Balaban J connectivity index is 1.91. The van der Waals surface area contributed by atoms with Crippen molar-refractivity contribution >= 4 is 21.6 Å². The molecule has 0 heterocycles. The number of sulfonamides is 1. The van der Waals surface area contributed by atoms with Gasteiger partial charge in [-0.2, -0.15) is 0 Å². The van der Waals surface area contributed by atoms with Gasteiger partial charge in [0.2, 0.25) is 15.9 Å². The summed E-state index contributed by atoms with van der Waals surface area (Å²) in [5.74, 6) is -0.181. The second-order valence-electron chi connectivity index (χ2n) is 6.44. The predicted molar refractivity (Wildman–Crippen MR) is 103 cm³/mol. The molecule has 2 aromatic rings. The molecule has 2 aromatic carbocycles. The maximum Gasteiger partial charge on any atom is 0.238 e. The van der Waals surface area contributed by atoms with Crippen LogP contribution in [-0.4, -0.2) is 32.8 Å². The van der Waals surface area contributed by atoms with Gasteiger partial charge in [-0.25, -0.2) is 13.6 Å². The minimum Gasteiger partial charge on any atom is -0.326 e. The van der Waals surface area contributed by atoms with Crippen molar-refractivity contribution in [1.29, 1.82) is 0 Å². The van der Waals surface area contributed by atoms with Gasteiger partial charge in [-0.05, 0) is 44.7 Å². The van der Waals surface area contributed by atoms with Crippen LogP contribution in [0.2, 0.25) is 0 Å². The molecule has 140 valence electrons. The SMILES string of the molecule is Cc1ccc(C(C)N(C)CCC(=O)Nc2cccc(S(N)(=O)=O)c2)cc1. The van der Waals surface area contributed by atoms with Crippen molar-refractivity contribution in [3.8, 4) is 0 Å². The van der Waals surface area contributed by atoms with Crippen LogP contribution in [0.15, 0.2) is 53.4 Å². The second kappa shape index (κ2) is 8.44. The number of nitrogens with zero attached hydrogens (tertiary/aromatic N) is 1. The molecule has 0 bridgehead atoms. The first-order valence-corrected chi connectivity index (χ1v) is 9.91. The number of anilines is 1. The largest absolute Gasteiger partial charge is 0.326 e. The normalized spacial score (nSPS) is 12.8. The molecule has 0 aliphatic carbocycles. The Morgan fingerprint density at radius 1 is 1.19 bits per heavy atom. The van der Waals surface area contributed by atoms with Crippen LogP contribution in [0.3, 0.4) is 0 Å². The van der Waals surface area contributed by atoms with Gasteiger partial charge >= 0.3 is 0 Å². The molecule has 3 N–H and O–H groups in total. The maximum atomic E-state index is 12.2. The minimum atomic E-state index is -3.79. The molecule has 0 aliphatic rings. The monoisotopic (exact) mass is 375 g/mol. The molecule has 2 rings (SSSR count). The number of amides is 1. The molecule has 0 radical (unpaired) electrons. The van der Waals surface area contributed by atoms with E-state index in [4.69, 9.17) is 5.14 Å². The Morgan fingerprint density at radius 3 is 2.46 bits per heavy atom. The summed E-state index contributed by atoms with van der Waals surface area (Å²) in [5, 5.41) is 7.82. The third-order valence-corrected chi connectivity index (χ3v) is 5.27. The summed E-state index contributed by atoms with van der Waals surface area (Å²) < 4.78 is 22.8. The van der Waals surface area contributed by atoms with Crippen molar-refractivity contribution in [1.82, 2.24) is 4.90 Å². The lowest BCUT2D eigenvalue weighted by Crippen LogP contribution is -2.27. The Labute approximate surface area is 155 Å². The summed E-state index contributed by atoms with van der Waals surface area (Å²) in [4.78, 5) is 14.2. The maximum absolute atomic E-state index is 12.2. The van der Waals surface area contributed by atoms with Gasteiger partial charge in [0.1, 0.15) is 0 Å². The lowest BCUT2D eigenvalue weighted by molar-refractivity contribution is -0.116. The van der Waals surface area contributed by atoms with E-state index in [2.05, 4.69) is 41.4 Å². The lowest BCUT2D eigenvalue weighted by Gasteiger charge is -2.25. The summed E-state index contributed by atoms with van der Waals surface area (Å²) >= 11 is 0. The Hall–Kier alpha value is -2.22. The minimum absolute atomic E-state index is 0.0274. The Kier molecular flexibility index (Phi) is 6.52. The fraction of sp³-hybridized carbons (Fsp3) is 0.316. The summed E-state index contributed by atoms with van der Waals surface area (Å²) in [7, 11) is -1.82. The number of hydrogen-bond donors (Lipinski definition) is 2. The van der Waals surface area contributed by atoms with Crippen molar-refractivity contribution in [2.45, 2.75) is 31.2 Å². The Bertz CT molecular complexity index is 864. The first kappa shape index (κ1) is 20.1. The molecule has 0 fully saturated rings. The number of aryl methyl sites for hydroxylation is 1. The number of benzene rings is 2. The van der Waals surface area contributed by atoms with Gasteiger partial charge in [0.25, 0.3) is 0 Å². The number of carbonyl (C=O) groups is 1.